The fraction of sp³-hybridized carbons (Fsp3) is 0.286. The number of likely N-dealkylation sites (N-methyl/N-ethyl adjacent to an activating group) is 1. The van der Waals surface area contributed by atoms with Gasteiger partial charge in [0.1, 0.15) is 6.04 Å². The number of fused-ring (bicyclic) bond motifs is 1. The maximum atomic E-state index is 14.5. The average Bonchev–Trinajstić information content (AvgIpc) is 3.38. The van der Waals surface area contributed by atoms with Crippen LogP contribution < -0.4 is 16.1 Å². The lowest BCUT2D eigenvalue weighted by molar-refractivity contribution is -0.269. The molecule has 2 atom stereocenters. The molecule has 0 saturated heterocycles. The first-order valence-corrected chi connectivity index (χ1v) is 12.5. The lowest BCUT2D eigenvalue weighted by atomic mass is 9.88. The van der Waals surface area contributed by atoms with Crippen molar-refractivity contribution in [3.63, 3.8) is 0 Å². The van der Waals surface area contributed by atoms with Gasteiger partial charge in [-0.1, -0.05) is 30.3 Å². The van der Waals surface area contributed by atoms with E-state index in [1.54, 1.807) is 6.92 Å². The SMILES string of the molecule is CCNC(=O)C(C)NC(=O)c1ccc(C2=CC(c3cc(C(F)(F)F)cc(C(F)(F)F)c3)(C(F)(F)F)ON2)c2ccccc12. The summed E-state index contributed by atoms with van der Waals surface area (Å²) < 4.78 is 124. The van der Waals surface area contributed by atoms with E-state index >= 15 is 0 Å². The highest BCUT2D eigenvalue weighted by Gasteiger charge is 2.60. The van der Waals surface area contributed by atoms with E-state index in [0.29, 0.717) is 12.6 Å². The van der Waals surface area contributed by atoms with Crippen LogP contribution in [0.3, 0.4) is 0 Å². The number of benzene rings is 3. The number of carbonyl (C=O) groups excluding carboxylic acids is 2. The standard InChI is InChI=1S/C28H22F9N3O3/c1-3-38-23(41)14(2)39-24(42)21-9-8-20(18-6-4-5-7-19(18)21)22-13-25(43-40-22,28(35,36)37)15-10-16(26(29,30)31)12-17(11-15)27(32,33)34/h4-14,40H,3H2,1-2H3,(H,38,41)(H,39,42). The number of hydroxylamine groups is 1. The summed E-state index contributed by atoms with van der Waals surface area (Å²) in [6.07, 6.45) is -16.0. The molecule has 0 bridgehead atoms. The third kappa shape index (κ3) is 6.12. The van der Waals surface area contributed by atoms with Crippen LogP contribution >= 0.6 is 0 Å². The second kappa shape index (κ2) is 11.1. The van der Waals surface area contributed by atoms with Crippen LogP contribution in [0.1, 0.15) is 46.5 Å². The predicted octanol–water partition coefficient (Wildman–Crippen LogP) is 6.47. The molecule has 1 aliphatic rings. The molecule has 0 aromatic heterocycles. The van der Waals surface area contributed by atoms with Gasteiger partial charge in [-0.3, -0.25) is 19.9 Å². The summed E-state index contributed by atoms with van der Waals surface area (Å²) in [5, 5.41) is 5.48. The highest BCUT2D eigenvalue weighted by atomic mass is 19.4. The Morgan fingerprint density at radius 3 is 2.00 bits per heavy atom. The highest BCUT2D eigenvalue weighted by molar-refractivity contribution is 6.10. The number of nitrogens with one attached hydrogen (secondary N) is 3. The van der Waals surface area contributed by atoms with Gasteiger partial charge in [0.25, 0.3) is 5.91 Å². The molecular weight excluding hydrogens is 597 g/mol. The molecule has 1 aliphatic heterocycles. The van der Waals surface area contributed by atoms with Crippen molar-refractivity contribution >= 4 is 28.3 Å². The van der Waals surface area contributed by atoms with Gasteiger partial charge < -0.3 is 10.6 Å². The van der Waals surface area contributed by atoms with Gasteiger partial charge >= 0.3 is 18.5 Å². The molecule has 1 heterocycles. The number of alkyl halides is 9. The van der Waals surface area contributed by atoms with Crippen LogP contribution in [0.5, 0.6) is 0 Å². The van der Waals surface area contributed by atoms with Crippen LogP contribution in [0.15, 0.2) is 60.7 Å². The zero-order valence-electron chi connectivity index (χ0n) is 22.2. The van der Waals surface area contributed by atoms with E-state index in [-0.39, 0.29) is 40.1 Å². The largest absolute Gasteiger partial charge is 0.428 e. The summed E-state index contributed by atoms with van der Waals surface area (Å²) in [7, 11) is 0. The maximum absolute atomic E-state index is 14.5. The number of carbonyl (C=O) groups is 2. The Hall–Kier alpha value is -4.27. The van der Waals surface area contributed by atoms with E-state index in [0.717, 1.165) is 0 Å². The molecule has 0 spiro atoms. The minimum absolute atomic E-state index is 0.00179. The number of rotatable bonds is 6. The van der Waals surface area contributed by atoms with Crippen molar-refractivity contribution in [3.8, 4) is 0 Å². The van der Waals surface area contributed by atoms with Gasteiger partial charge in [0.2, 0.25) is 11.5 Å². The van der Waals surface area contributed by atoms with Crippen molar-refractivity contribution in [1.29, 1.82) is 0 Å². The minimum Gasteiger partial charge on any atom is -0.355 e. The second-order valence-electron chi connectivity index (χ2n) is 9.59. The molecule has 43 heavy (non-hydrogen) atoms. The average molecular weight is 619 g/mol. The predicted molar refractivity (Wildman–Crippen MR) is 136 cm³/mol. The van der Waals surface area contributed by atoms with Crippen molar-refractivity contribution in [1.82, 2.24) is 16.1 Å². The number of hydrogen-bond donors (Lipinski definition) is 3. The normalized spacial score (nSPS) is 18.2. The third-order valence-electron chi connectivity index (χ3n) is 6.66. The summed E-state index contributed by atoms with van der Waals surface area (Å²) in [5.74, 6) is -1.14. The summed E-state index contributed by atoms with van der Waals surface area (Å²) in [6.45, 7) is 3.45. The molecular formula is C28H22F9N3O3. The Labute approximate surface area is 237 Å². The number of hydrogen-bond acceptors (Lipinski definition) is 4. The van der Waals surface area contributed by atoms with Crippen LogP contribution in [-0.2, 0) is 27.6 Å². The fourth-order valence-electron chi connectivity index (χ4n) is 4.54. The van der Waals surface area contributed by atoms with Gasteiger partial charge in [-0.25, -0.2) is 0 Å². The molecule has 2 amide bonds. The summed E-state index contributed by atoms with van der Waals surface area (Å²) in [6, 6.07) is 7.11. The number of amides is 2. The van der Waals surface area contributed by atoms with Crippen molar-refractivity contribution in [2.75, 3.05) is 6.54 Å². The van der Waals surface area contributed by atoms with Gasteiger partial charge in [0.15, 0.2) is 0 Å². The lowest BCUT2D eigenvalue weighted by Crippen LogP contribution is -2.44. The Bertz CT molecular complexity index is 1560. The monoisotopic (exact) mass is 619 g/mol. The van der Waals surface area contributed by atoms with E-state index in [2.05, 4.69) is 10.6 Å². The highest BCUT2D eigenvalue weighted by Crippen LogP contribution is 2.50. The van der Waals surface area contributed by atoms with E-state index in [4.69, 9.17) is 4.84 Å². The van der Waals surface area contributed by atoms with Crippen molar-refractivity contribution in [2.45, 2.75) is 44.0 Å². The van der Waals surface area contributed by atoms with E-state index in [9.17, 15) is 49.1 Å². The van der Waals surface area contributed by atoms with Gasteiger partial charge in [-0.15, -0.1) is 0 Å². The van der Waals surface area contributed by atoms with Crippen LogP contribution in [0, 0.1) is 0 Å². The summed E-state index contributed by atoms with van der Waals surface area (Å²) >= 11 is 0. The smallest absolute Gasteiger partial charge is 0.355 e. The molecule has 6 nitrogen and oxygen atoms in total. The molecule has 4 rings (SSSR count). The van der Waals surface area contributed by atoms with Crippen LogP contribution in [0.25, 0.3) is 16.5 Å². The topological polar surface area (TPSA) is 79.5 Å². The summed E-state index contributed by atoms with van der Waals surface area (Å²) in [5.41, 5.74) is -7.47. The van der Waals surface area contributed by atoms with Gasteiger partial charge in [-0.2, -0.15) is 39.5 Å². The van der Waals surface area contributed by atoms with Crippen LogP contribution in [0.4, 0.5) is 39.5 Å². The molecule has 0 aliphatic carbocycles. The molecule has 0 fully saturated rings. The molecule has 15 heteroatoms. The zero-order chi connectivity index (χ0) is 32.0. The maximum Gasteiger partial charge on any atom is 0.428 e. The van der Waals surface area contributed by atoms with Gasteiger partial charge in [-0.05, 0) is 55.0 Å². The minimum atomic E-state index is -5.53. The molecule has 0 saturated carbocycles. The molecule has 230 valence electrons. The lowest BCUT2D eigenvalue weighted by Gasteiger charge is -2.29. The molecule has 3 N–H and O–H groups in total. The van der Waals surface area contributed by atoms with Crippen molar-refractivity contribution in [3.05, 3.63) is 88.5 Å². The Morgan fingerprint density at radius 2 is 1.47 bits per heavy atom. The first-order chi connectivity index (χ1) is 19.9. The summed E-state index contributed by atoms with van der Waals surface area (Å²) in [4.78, 5) is 29.8. The first-order valence-electron chi connectivity index (χ1n) is 12.5. The first kappa shape index (κ1) is 31.7. The van der Waals surface area contributed by atoms with Crippen LogP contribution in [-0.4, -0.2) is 30.6 Å². The van der Waals surface area contributed by atoms with Gasteiger partial charge in [0.05, 0.1) is 16.8 Å². The van der Waals surface area contributed by atoms with Crippen molar-refractivity contribution < 1.29 is 53.9 Å². The fourth-order valence-corrected chi connectivity index (χ4v) is 4.54. The Kier molecular flexibility index (Phi) is 8.17. The molecule has 2 unspecified atom stereocenters. The van der Waals surface area contributed by atoms with Crippen LogP contribution in [0.2, 0.25) is 0 Å². The van der Waals surface area contributed by atoms with E-state index < -0.39 is 64.4 Å². The molecule has 0 radical (unpaired) electrons. The van der Waals surface area contributed by atoms with Gasteiger partial charge in [0, 0.05) is 23.2 Å². The Morgan fingerprint density at radius 1 is 0.884 bits per heavy atom. The number of halogens is 9. The molecule has 3 aromatic carbocycles. The van der Waals surface area contributed by atoms with Crippen molar-refractivity contribution in [2.24, 2.45) is 0 Å². The second-order valence-corrected chi connectivity index (χ2v) is 9.59. The zero-order valence-corrected chi connectivity index (χ0v) is 22.2. The van der Waals surface area contributed by atoms with E-state index in [1.807, 2.05) is 5.48 Å². The quantitative estimate of drug-likeness (QED) is 0.277. The third-order valence-corrected chi connectivity index (χ3v) is 6.66. The Balaban J connectivity index is 1.85. The van der Waals surface area contributed by atoms with E-state index in [1.165, 1.54) is 43.3 Å². The molecule has 3 aromatic rings.